The highest BCUT2D eigenvalue weighted by atomic mass is 35.5. The van der Waals surface area contributed by atoms with Crippen molar-refractivity contribution in [2.45, 2.75) is 32.6 Å². The molecule has 2 aromatic carbocycles. The number of hydrogen-bond acceptors (Lipinski definition) is 4. The molecule has 2 heterocycles. The van der Waals surface area contributed by atoms with Crippen molar-refractivity contribution in [3.63, 3.8) is 0 Å². The van der Waals surface area contributed by atoms with Gasteiger partial charge in [0.05, 0.1) is 28.4 Å². The van der Waals surface area contributed by atoms with Crippen molar-refractivity contribution in [1.82, 2.24) is 4.90 Å². The van der Waals surface area contributed by atoms with Crippen LogP contribution in [0.15, 0.2) is 42.5 Å². The molecule has 2 aliphatic rings. The van der Waals surface area contributed by atoms with Gasteiger partial charge in [0.15, 0.2) is 0 Å². The van der Waals surface area contributed by atoms with Gasteiger partial charge in [0.25, 0.3) is 11.8 Å². The molecule has 1 saturated heterocycles. The maximum Gasteiger partial charge on any atom is 0.268 e. The van der Waals surface area contributed by atoms with Crippen LogP contribution in [-0.4, -0.2) is 49.3 Å². The lowest BCUT2D eigenvalue weighted by atomic mass is 9.95. The molecule has 6 nitrogen and oxygen atoms in total. The van der Waals surface area contributed by atoms with Crippen molar-refractivity contribution >= 4 is 40.7 Å². The van der Waals surface area contributed by atoms with Crippen LogP contribution in [0.4, 0.5) is 11.4 Å². The smallest absolute Gasteiger partial charge is 0.268 e. The highest BCUT2D eigenvalue weighted by molar-refractivity contribution is 6.37. The van der Waals surface area contributed by atoms with Gasteiger partial charge < -0.3 is 9.80 Å². The van der Waals surface area contributed by atoms with E-state index in [-0.39, 0.29) is 23.6 Å². The molecule has 3 amide bonds. The van der Waals surface area contributed by atoms with Crippen LogP contribution in [-0.2, 0) is 4.79 Å². The van der Waals surface area contributed by atoms with Crippen molar-refractivity contribution in [3.8, 4) is 0 Å². The number of halogens is 1. The highest BCUT2D eigenvalue weighted by Gasteiger charge is 2.40. The number of anilines is 2. The molecular weight excluding hydrogens is 426 g/mol. The van der Waals surface area contributed by atoms with Crippen LogP contribution < -0.4 is 9.80 Å². The van der Waals surface area contributed by atoms with Gasteiger partial charge in [-0.15, -0.1) is 0 Å². The molecule has 0 aromatic heterocycles. The monoisotopic (exact) mass is 453 g/mol. The Morgan fingerprint density at radius 3 is 2.69 bits per heavy atom. The fourth-order valence-electron chi connectivity index (χ4n) is 4.60. The van der Waals surface area contributed by atoms with Gasteiger partial charge >= 0.3 is 0 Å². The Morgan fingerprint density at radius 2 is 1.94 bits per heavy atom. The summed E-state index contributed by atoms with van der Waals surface area (Å²) in [7, 11) is 1.86. The number of carbonyl (C=O) groups is 3. The van der Waals surface area contributed by atoms with Crippen molar-refractivity contribution < 1.29 is 14.4 Å². The first-order chi connectivity index (χ1) is 15.4. The van der Waals surface area contributed by atoms with E-state index in [1.807, 2.05) is 18.0 Å². The number of carbonyl (C=O) groups excluding carboxylic acids is 3. The van der Waals surface area contributed by atoms with Crippen LogP contribution in [0.1, 0.15) is 53.3 Å². The lowest BCUT2D eigenvalue weighted by Gasteiger charge is -2.36. The van der Waals surface area contributed by atoms with E-state index in [2.05, 4.69) is 11.8 Å². The molecule has 32 heavy (non-hydrogen) atoms. The average Bonchev–Trinajstić information content (AvgIpc) is 3.07. The van der Waals surface area contributed by atoms with Gasteiger partial charge in [0.1, 0.15) is 0 Å². The molecule has 0 saturated carbocycles. The lowest BCUT2D eigenvalue weighted by Crippen LogP contribution is -2.44. The number of rotatable bonds is 6. The zero-order chi connectivity index (χ0) is 22.8. The first-order valence-corrected chi connectivity index (χ1v) is 11.6. The van der Waals surface area contributed by atoms with Gasteiger partial charge in [0.2, 0.25) is 5.91 Å². The molecule has 2 aromatic rings. The van der Waals surface area contributed by atoms with E-state index in [0.717, 1.165) is 44.5 Å². The summed E-state index contributed by atoms with van der Waals surface area (Å²) in [5, 5.41) is 0.462. The minimum Gasteiger partial charge on any atom is -0.370 e. The van der Waals surface area contributed by atoms with Gasteiger partial charge in [-0.3, -0.25) is 14.4 Å². The van der Waals surface area contributed by atoms with Crippen molar-refractivity contribution in [2.75, 3.05) is 36.5 Å². The van der Waals surface area contributed by atoms with Crippen LogP contribution >= 0.6 is 11.6 Å². The molecule has 0 bridgehead atoms. The highest BCUT2D eigenvalue weighted by Crippen LogP contribution is 2.36. The minimum absolute atomic E-state index is 0.113. The van der Waals surface area contributed by atoms with E-state index in [1.54, 1.807) is 36.4 Å². The van der Waals surface area contributed by atoms with Gasteiger partial charge in [-0.1, -0.05) is 37.1 Å². The van der Waals surface area contributed by atoms with E-state index in [1.165, 1.54) is 4.90 Å². The molecule has 1 atom stereocenters. The third-order valence-corrected chi connectivity index (χ3v) is 6.53. The standard InChI is InChI=1S/C25H28ClN3O3/c1-3-4-13-27(2)23(30)17-8-7-14-28(16-17)21-12-6-11-20-22(21)25(32)29(24(20)31)19-10-5-9-18(26)15-19/h5-6,9-12,15,17H,3-4,7-8,13-14,16H2,1-2H3/t17-/m0/s1. The first-order valence-electron chi connectivity index (χ1n) is 11.2. The number of unbranched alkanes of at least 4 members (excludes halogenated alkanes) is 1. The summed E-state index contributed by atoms with van der Waals surface area (Å²) >= 11 is 6.09. The van der Waals surface area contributed by atoms with Crippen molar-refractivity contribution in [3.05, 3.63) is 58.6 Å². The molecule has 0 N–H and O–H groups in total. The Kier molecular flexibility index (Phi) is 6.51. The predicted molar refractivity (Wildman–Crippen MR) is 127 cm³/mol. The molecular formula is C25H28ClN3O3. The first kappa shape index (κ1) is 22.3. The molecule has 4 rings (SSSR count). The molecule has 0 unspecified atom stereocenters. The molecule has 0 aliphatic carbocycles. The summed E-state index contributed by atoms with van der Waals surface area (Å²) in [5.74, 6) is -0.661. The number of amides is 3. The normalized spacial score (nSPS) is 18.2. The second-order valence-electron chi connectivity index (χ2n) is 8.52. The van der Waals surface area contributed by atoms with Gasteiger partial charge in [-0.25, -0.2) is 4.90 Å². The third-order valence-electron chi connectivity index (χ3n) is 6.29. The fraction of sp³-hybridized carbons (Fsp3) is 0.400. The van der Waals surface area contributed by atoms with E-state index in [0.29, 0.717) is 28.4 Å². The molecule has 2 aliphatic heterocycles. The van der Waals surface area contributed by atoms with E-state index < -0.39 is 0 Å². The lowest BCUT2D eigenvalue weighted by molar-refractivity contribution is -0.134. The van der Waals surface area contributed by atoms with Crippen LogP contribution in [0.3, 0.4) is 0 Å². The van der Waals surface area contributed by atoms with Crippen LogP contribution in [0.2, 0.25) is 5.02 Å². The minimum atomic E-state index is -0.351. The molecule has 7 heteroatoms. The Bertz CT molecular complexity index is 1050. The zero-order valence-electron chi connectivity index (χ0n) is 18.5. The largest absolute Gasteiger partial charge is 0.370 e. The van der Waals surface area contributed by atoms with E-state index in [4.69, 9.17) is 11.6 Å². The van der Waals surface area contributed by atoms with E-state index >= 15 is 0 Å². The summed E-state index contributed by atoms with van der Waals surface area (Å²) in [5.41, 5.74) is 1.98. The summed E-state index contributed by atoms with van der Waals surface area (Å²) < 4.78 is 0. The number of hydrogen-bond donors (Lipinski definition) is 0. The Hall–Kier alpha value is -2.86. The maximum atomic E-state index is 13.4. The number of piperidine rings is 1. The molecule has 168 valence electrons. The Labute approximate surface area is 193 Å². The summed E-state index contributed by atoms with van der Waals surface area (Å²) in [4.78, 5) is 44.5. The Morgan fingerprint density at radius 1 is 1.16 bits per heavy atom. The summed E-state index contributed by atoms with van der Waals surface area (Å²) in [6.07, 6.45) is 3.73. The summed E-state index contributed by atoms with van der Waals surface area (Å²) in [6.45, 7) is 4.16. The van der Waals surface area contributed by atoms with Gasteiger partial charge in [-0.05, 0) is 49.6 Å². The second-order valence-corrected chi connectivity index (χ2v) is 8.96. The maximum absolute atomic E-state index is 13.4. The van der Waals surface area contributed by atoms with Crippen LogP contribution in [0.5, 0.6) is 0 Å². The summed E-state index contributed by atoms with van der Waals surface area (Å²) in [6, 6.07) is 12.1. The van der Waals surface area contributed by atoms with Crippen LogP contribution in [0.25, 0.3) is 0 Å². The van der Waals surface area contributed by atoms with Gasteiger partial charge in [-0.2, -0.15) is 0 Å². The molecule has 0 spiro atoms. The van der Waals surface area contributed by atoms with Crippen molar-refractivity contribution in [2.24, 2.45) is 5.92 Å². The number of fused-ring (bicyclic) bond motifs is 1. The predicted octanol–water partition coefficient (Wildman–Crippen LogP) is 4.62. The second kappa shape index (κ2) is 9.33. The van der Waals surface area contributed by atoms with Crippen LogP contribution in [0, 0.1) is 5.92 Å². The number of imide groups is 1. The van der Waals surface area contributed by atoms with Crippen molar-refractivity contribution in [1.29, 1.82) is 0 Å². The molecule has 0 radical (unpaired) electrons. The number of nitrogens with zero attached hydrogens (tertiary/aromatic N) is 3. The fourth-order valence-corrected chi connectivity index (χ4v) is 4.78. The number of benzene rings is 2. The topological polar surface area (TPSA) is 60.9 Å². The zero-order valence-corrected chi connectivity index (χ0v) is 19.3. The Balaban J connectivity index is 1.60. The average molecular weight is 454 g/mol. The van der Waals surface area contributed by atoms with Gasteiger partial charge in [0, 0.05) is 31.7 Å². The van der Waals surface area contributed by atoms with E-state index in [9.17, 15) is 14.4 Å². The SMILES string of the molecule is CCCCN(C)C(=O)[C@H]1CCCN(c2cccc3c2C(=O)N(c2cccc(Cl)c2)C3=O)C1. The quantitative estimate of drug-likeness (QED) is 0.599. The molecule has 1 fully saturated rings. The third kappa shape index (κ3) is 4.11.